The molecule has 5 heteroatoms. The van der Waals surface area contributed by atoms with Crippen molar-refractivity contribution >= 4 is 17.1 Å². The van der Waals surface area contributed by atoms with Crippen molar-refractivity contribution in [1.82, 2.24) is 9.55 Å². The van der Waals surface area contributed by atoms with E-state index in [2.05, 4.69) is 42.7 Å². The van der Waals surface area contributed by atoms with Crippen LogP contribution in [0.4, 0.5) is 0 Å². The number of rotatable bonds is 10. The third kappa shape index (κ3) is 5.42. The van der Waals surface area contributed by atoms with E-state index >= 15 is 0 Å². The van der Waals surface area contributed by atoms with Crippen LogP contribution in [-0.2, 0) is 13.2 Å². The van der Waals surface area contributed by atoms with E-state index in [-0.39, 0.29) is 0 Å². The molecule has 0 spiro atoms. The number of ether oxygens (including phenoxy) is 3. The smallest absolute Gasteiger partial charge is 0.161 e. The van der Waals surface area contributed by atoms with Gasteiger partial charge in [0.1, 0.15) is 18.2 Å². The lowest BCUT2D eigenvalue weighted by atomic mass is 10.1. The highest BCUT2D eigenvalue weighted by molar-refractivity contribution is 5.75. The lowest BCUT2D eigenvalue weighted by Gasteiger charge is -2.14. The van der Waals surface area contributed by atoms with E-state index in [4.69, 9.17) is 19.2 Å². The van der Waals surface area contributed by atoms with Crippen molar-refractivity contribution in [2.75, 3.05) is 13.7 Å². The molecular formula is C29H32N2O3. The number of methoxy groups -OCH3 is 1. The summed E-state index contributed by atoms with van der Waals surface area (Å²) in [6.45, 7) is 7.94. The lowest BCUT2D eigenvalue weighted by molar-refractivity contribution is 0.267. The molecule has 1 aromatic heterocycles. The SMILES string of the molecule is C/C=C\c1ccc(OCc2nc3ccccc3n2CCCOc2cc(C)ccc2C)c(OC)c1. The fourth-order valence-corrected chi connectivity index (χ4v) is 3.99. The van der Waals surface area contributed by atoms with E-state index in [1.807, 2.05) is 55.5 Å². The van der Waals surface area contributed by atoms with E-state index in [0.29, 0.717) is 24.7 Å². The molecule has 0 amide bonds. The summed E-state index contributed by atoms with van der Waals surface area (Å²) < 4.78 is 20.0. The number of fused-ring (bicyclic) bond motifs is 1. The molecule has 1 heterocycles. The number of imidazole rings is 1. The average molecular weight is 457 g/mol. The maximum absolute atomic E-state index is 6.16. The number of para-hydroxylation sites is 2. The van der Waals surface area contributed by atoms with Crippen LogP contribution >= 0.6 is 0 Å². The third-order valence-corrected chi connectivity index (χ3v) is 5.76. The van der Waals surface area contributed by atoms with E-state index in [1.165, 1.54) is 5.56 Å². The molecule has 0 aliphatic heterocycles. The Morgan fingerprint density at radius 1 is 0.912 bits per heavy atom. The van der Waals surface area contributed by atoms with Crippen LogP contribution in [-0.4, -0.2) is 23.3 Å². The number of hydrogen-bond donors (Lipinski definition) is 0. The van der Waals surface area contributed by atoms with Gasteiger partial charge in [-0.2, -0.15) is 0 Å². The highest BCUT2D eigenvalue weighted by Crippen LogP contribution is 2.30. The molecular weight excluding hydrogens is 424 g/mol. The van der Waals surface area contributed by atoms with Crippen molar-refractivity contribution in [2.24, 2.45) is 0 Å². The Kier molecular flexibility index (Phi) is 7.53. The molecule has 0 radical (unpaired) electrons. The van der Waals surface area contributed by atoms with Crippen molar-refractivity contribution in [1.29, 1.82) is 0 Å². The Labute approximate surface area is 201 Å². The maximum atomic E-state index is 6.16. The van der Waals surface area contributed by atoms with Crippen LogP contribution in [0.3, 0.4) is 0 Å². The maximum Gasteiger partial charge on any atom is 0.161 e. The summed E-state index contributed by atoms with van der Waals surface area (Å²) in [5.41, 5.74) is 5.50. The number of nitrogens with zero attached hydrogens (tertiary/aromatic N) is 2. The summed E-state index contributed by atoms with van der Waals surface area (Å²) in [5.74, 6) is 3.24. The number of aromatic nitrogens is 2. The molecule has 4 aromatic rings. The zero-order valence-electron chi connectivity index (χ0n) is 20.4. The topological polar surface area (TPSA) is 45.5 Å². The summed E-state index contributed by atoms with van der Waals surface area (Å²) >= 11 is 0. The van der Waals surface area contributed by atoms with Gasteiger partial charge in [-0.1, -0.05) is 42.5 Å². The summed E-state index contributed by atoms with van der Waals surface area (Å²) in [6, 6.07) is 20.4. The molecule has 0 saturated carbocycles. The molecule has 34 heavy (non-hydrogen) atoms. The van der Waals surface area contributed by atoms with E-state index < -0.39 is 0 Å². The van der Waals surface area contributed by atoms with Crippen molar-refractivity contribution in [2.45, 2.75) is 40.3 Å². The molecule has 0 aliphatic carbocycles. The van der Waals surface area contributed by atoms with Crippen molar-refractivity contribution in [3.8, 4) is 17.2 Å². The lowest BCUT2D eigenvalue weighted by Crippen LogP contribution is -2.10. The third-order valence-electron chi connectivity index (χ3n) is 5.76. The largest absolute Gasteiger partial charge is 0.493 e. The van der Waals surface area contributed by atoms with Gasteiger partial charge in [-0.15, -0.1) is 0 Å². The minimum atomic E-state index is 0.353. The number of hydrogen-bond acceptors (Lipinski definition) is 4. The first-order valence-corrected chi connectivity index (χ1v) is 11.7. The molecule has 0 saturated heterocycles. The van der Waals surface area contributed by atoms with Gasteiger partial charge in [0, 0.05) is 6.54 Å². The van der Waals surface area contributed by atoms with Crippen molar-refractivity contribution in [3.05, 3.63) is 89.3 Å². The van der Waals surface area contributed by atoms with Gasteiger partial charge in [0.15, 0.2) is 11.5 Å². The zero-order chi connectivity index (χ0) is 23.9. The second-order valence-electron chi connectivity index (χ2n) is 8.34. The molecule has 0 unspecified atom stereocenters. The normalized spacial score (nSPS) is 11.3. The van der Waals surface area contributed by atoms with E-state index in [0.717, 1.165) is 46.7 Å². The van der Waals surface area contributed by atoms with E-state index in [9.17, 15) is 0 Å². The molecule has 0 fully saturated rings. The Balaban J connectivity index is 1.47. The van der Waals surface area contributed by atoms with Crippen molar-refractivity contribution < 1.29 is 14.2 Å². The van der Waals surface area contributed by atoms with Crippen molar-refractivity contribution in [3.63, 3.8) is 0 Å². The Hall–Kier alpha value is -3.73. The quantitative estimate of drug-likeness (QED) is 0.248. The van der Waals surface area contributed by atoms with Crippen LogP contribution in [0.25, 0.3) is 17.1 Å². The fraction of sp³-hybridized carbons (Fsp3) is 0.276. The van der Waals surface area contributed by atoms with Crippen LogP contribution in [0.5, 0.6) is 17.2 Å². The van der Waals surface area contributed by atoms with Gasteiger partial charge in [-0.3, -0.25) is 0 Å². The Bertz CT molecular complexity index is 1290. The first kappa shape index (κ1) is 23.4. The summed E-state index contributed by atoms with van der Waals surface area (Å²) in [5, 5.41) is 0. The second kappa shape index (κ2) is 10.9. The summed E-state index contributed by atoms with van der Waals surface area (Å²) in [7, 11) is 1.66. The first-order valence-electron chi connectivity index (χ1n) is 11.7. The highest BCUT2D eigenvalue weighted by Gasteiger charge is 2.13. The van der Waals surface area contributed by atoms with Crippen LogP contribution in [0.2, 0.25) is 0 Å². The van der Waals surface area contributed by atoms with Crippen LogP contribution in [0.1, 0.15) is 35.9 Å². The molecule has 5 nitrogen and oxygen atoms in total. The minimum Gasteiger partial charge on any atom is -0.493 e. The zero-order valence-corrected chi connectivity index (χ0v) is 20.4. The number of benzene rings is 3. The fourth-order valence-electron chi connectivity index (χ4n) is 3.99. The van der Waals surface area contributed by atoms with Gasteiger partial charge < -0.3 is 18.8 Å². The molecule has 0 aliphatic rings. The standard InChI is InChI=1S/C29H32N2O3/c1-5-9-23-14-15-26(28(19-23)32-4)34-20-29-30-24-10-6-7-11-25(24)31(29)16-8-17-33-27-18-21(2)12-13-22(27)3/h5-7,9-15,18-19H,8,16-17,20H2,1-4H3/b9-5-. The second-order valence-corrected chi connectivity index (χ2v) is 8.34. The highest BCUT2D eigenvalue weighted by atomic mass is 16.5. The van der Waals surface area contributed by atoms with Gasteiger partial charge in [-0.05, 0) is 74.2 Å². The molecule has 3 aromatic carbocycles. The van der Waals surface area contributed by atoms with Crippen LogP contribution in [0.15, 0.2) is 66.7 Å². The average Bonchev–Trinajstić information content (AvgIpc) is 3.20. The molecule has 4 rings (SSSR count). The minimum absolute atomic E-state index is 0.353. The van der Waals surface area contributed by atoms with Crippen LogP contribution in [0, 0.1) is 13.8 Å². The number of aryl methyl sites for hydroxylation is 3. The number of allylic oxidation sites excluding steroid dienone is 1. The molecule has 0 atom stereocenters. The van der Waals surface area contributed by atoms with Gasteiger partial charge >= 0.3 is 0 Å². The summed E-state index contributed by atoms with van der Waals surface area (Å²) in [6.07, 6.45) is 4.90. The summed E-state index contributed by atoms with van der Waals surface area (Å²) in [4.78, 5) is 4.84. The van der Waals surface area contributed by atoms with Gasteiger partial charge in [-0.25, -0.2) is 4.98 Å². The van der Waals surface area contributed by atoms with Gasteiger partial charge in [0.2, 0.25) is 0 Å². The molecule has 176 valence electrons. The first-order chi connectivity index (χ1) is 16.6. The van der Waals surface area contributed by atoms with Crippen LogP contribution < -0.4 is 14.2 Å². The predicted molar refractivity (Wildman–Crippen MR) is 138 cm³/mol. The monoisotopic (exact) mass is 456 g/mol. The van der Waals surface area contributed by atoms with Gasteiger partial charge in [0.05, 0.1) is 24.8 Å². The van der Waals surface area contributed by atoms with Gasteiger partial charge in [0.25, 0.3) is 0 Å². The molecule has 0 N–H and O–H groups in total. The Morgan fingerprint density at radius 3 is 2.59 bits per heavy atom. The molecule has 0 bridgehead atoms. The predicted octanol–water partition coefficient (Wildman–Crippen LogP) is 6.74. The van der Waals surface area contributed by atoms with E-state index in [1.54, 1.807) is 7.11 Å². The Morgan fingerprint density at radius 2 is 1.76 bits per heavy atom.